The standard InChI is InChI=1S/C18H21ClFN5O2/c1-12-22-16(18(26)24-13-2-3-15(20)14(19)10-13)11-17(23-12)21-4-5-25-6-8-27-9-7-25/h2-3,10-11H,4-9H2,1H3,(H,24,26)(H,21,22,23). The second kappa shape index (κ2) is 9.07. The van der Waals surface area contributed by atoms with E-state index in [4.69, 9.17) is 16.3 Å². The highest BCUT2D eigenvalue weighted by atomic mass is 35.5. The Bertz CT molecular complexity index is 814. The summed E-state index contributed by atoms with van der Waals surface area (Å²) >= 11 is 5.74. The number of aromatic nitrogens is 2. The first-order valence-corrected chi connectivity index (χ1v) is 9.05. The lowest BCUT2D eigenvalue weighted by Gasteiger charge is -2.26. The number of aryl methyl sites for hydroxylation is 1. The molecule has 0 saturated carbocycles. The molecule has 2 heterocycles. The number of amides is 1. The van der Waals surface area contributed by atoms with E-state index in [0.29, 0.717) is 23.9 Å². The lowest BCUT2D eigenvalue weighted by atomic mass is 10.3. The van der Waals surface area contributed by atoms with Gasteiger partial charge in [0.15, 0.2) is 0 Å². The number of rotatable bonds is 6. The molecule has 27 heavy (non-hydrogen) atoms. The average molecular weight is 394 g/mol. The van der Waals surface area contributed by atoms with Crippen LogP contribution in [0.25, 0.3) is 0 Å². The van der Waals surface area contributed by atoms with Crippen LogP contribution in [0.3, 0.4) is 0 Å². The van der Waals surface area contributed by atoms with Crippen molar-refractivity contribution in [3.05, 3.63) is 46.6 Å². The molecule has 0 radical (unpaired) electrons. The Hall–Kier alpha value is -2.29. The van der Waals surface area contributed by atoms with Crippen LogP contribution in [0.4, 0.5) is 15.9 Å². The number of hydrogen-bond acceptors (Lipinski definition) is 6. The molecule has 1 aromatic carbocycles. The zero-order valence-electron chi connectivity index (χ0n) is 15.0. The number of halogens is 2. The number of morpholine rings is 1. The van der Waals surface area contributed by atoms with E-state index in [0.717, 1.165) is 32.8 Å². The molecule has 2 N–H and O–H groups in total. The molecule has 0 aliphatic carbocycles. The Morgan fingerprint density at radius 2 is 2.07 bits per heavy atom. The molecule has 1 saturated heterocycles. The van der Waals surface area contributed by atoms with Crippen molar-refractivity contribution in [3.8, 4) is 0 Å². The molecule has 0 bridgehead atoms. The van der Waals surface area contributed by atoms with Gasteiger partial charge < -0.3 is 15.4 Å². The van der Waals surface area contributed by atoms with Gasteiger partial charge in [0.05, 0.1) is 18.2 Å². The number of nitrogens with zero attached hydrogens (tertiary/aromatic N) is 3. The number of carbonyl (C=O) groups excluding carboxylic acids is 1. The summed E-state index contributed by atoms with van der Waals surface area (Å²) in [6, 6.07) is 5.58. The third kappa shape index (κ3) is 5.59. The molecule has 0 spiro atoms. The van der Waals surface area contributed by atoms with Crippen molar-refractivity contribution < 1.29 is 13.9 Å². The van der Waals surface area contributed by atoms with E-state index in [-0.39, 0.29) is 10.7 Å². The fraction of sp³-hybridized carbons (Fsp3) is 0.389. The van der Waals surface area contributed by atoms with Gasteiger partial charge in [0.2, 0.25) is 0 Å². The van der Waals surface area contributed by atoms with E-state index in [1.807, 2.05) is 0 Å². The normalized spacial score (nSPS) is 14.8. The first kappa shape index (κ1) is 19.5. The van der Waals surface area contributed by atoms with Crippen molar-refractivity contribution in [1.29, 1.82) is 0 Å². The van der Waals surface area contributed by atoms with E-state index in [9.17, 15) is 9.18 Å². The smallest absolute Gasteiger partial charge is 0.274 e. The summed E-state index contributed by atoms with van der Waals surface area (Å²) < 4.78 is 18.6. The first-order chi connectivity index (χ1) is 13.0. The first-order valence-electron chi connectivity index (χ1n) is 8.67. The number of benzene rings is 1. The number of anilines is 2. The van der Waals surface area contributed by atoms with Crippen LogP contribution in [0.5, 0.6) is 0 Å². The maximum atomic E-state index is 13.2. The van der Waals surface area contributed by atoms with Gasteiger partial charge >= 0.3 is 0 Å². The van der Waals surface area contributed by atoms with Crippen LogP contribution in [0.1, 0.15) is 16.3 Å². The number of carbonyl (C=O) groups is 1. The minimum absolute atomic E-state index is 0.0582. The molecule has 9 heteroatoms. The zero-order valence-corrected chi connectivity index (χ0v) is 15.7. The summed E-state index contributed by atoms with van der Waals surface area (Å²) in [6.07, 6.45) is 0. The average Bonchev–Trinajstić information content (AvgIpc) is 2.65. The van der Waals surface area contributed by atoms with E-state index in [1.54, 1.807) is 13.0 Å². The van der Waals surface area contributed by atoms with E-state index < -0.39 is 11.7 Å². The van der Waals surface area contributed by atoms with Crippen LogP contribution >= 0.6 is 11.6 Å². The summed E-state index contributed by atoms with van der Waals surface area (Å²) in [5, 5.41) is 5.82. The lowest BCUT2D eigenvalue weighted by molar-refractivity contribution is 0.0398. The second-order valence-corrected chi connectivity index (χ2v) is 6.56. The monoisotopic (exact) mass is 393 g/mol. The van der Waals surface area contributed by atoms with Crippen molar-refractivity contribution in [3.63, 3.8) is 0 Å². The van der Waals surface area contributed by atoms with Crippen LogP contribution in [0.2, 0.25) is 5.02 Å². The van der Waals surface area contributed by atoms with Crippen molar-refractivity contribution in [2.45, 2.75) is 6.92 Å². The van der Waals surface area contributed by atoms with Gasteiger partial charge in [0, 0.05) is 37.9 Å². The van der Waals surface area contributed by atoms with Gasteiger partial charge in [0.25, 0.3) is 5.91 Å². The van der Waals surface area contributed by atoms with Crippen LogP contribution in [0, 0.1) is 12.7 Å². The summed E-state index contributed by atoms with van der Waals surface area (Å²) in [7, 11) is 0. The van der Waals surface area contributed by atoms with Crippen molar-refractivity contribution in [2.24, 2.45) is 0 Å². The highest BCUT2D eigenvalue weighted by molar-refractivity contribution is 6.31. The molecule has 2 aromatic rings. The van der Waals surface area contributed by atoms with Crippen LogP contribution in [-0.2, 0) is 4.74 Å². The number of ether oxygens (including phenoxy) is 1. The van der Waals surface area contributed by atoms with Gasteiger partial charge in [0.1, 0.15) is 23.2 Å². The number of hydrogen-bond donors (Lipinski definition) is 2. The molecular formula is C18H21ClFN5O2. The predicted molar refractivity (Wildman–Crippen MR) is 102 cm³/mol. The van der Waals surface area contributed by atoms with Gasteiger partial charge in [-0.2, -0.15) is 0 Å². The Balaban J connectivity index is 1.61. The summed E-state index contributed by atoms with van der Waals surface area (Å²) in [5.74, 6) is 0.102. The van der Waals surface area contributed by atoms with Crippen molar-refractivity contribution >= 4 is 29.0 Å². The maximum absolute atomic E-state index is 13.2. The predicted octanol–water partition coefficient (Wildman–Crippen LogP) is 2.57. The highest BCUT2D eigenvalue weighted by Crippen LogP contribution is 2.20. The lowest BCUT2D eigenvalue weighted by Crippen LogP contribution is -2.39. The summed E-state index contributed by atoms with van der Waals surface area (Å²) in [5.41, 5.74) is 0.612. The molecule has 7 nitrogen and oxygen atoms in total. The largest absolute Gasteiger partial charge is 0.379 e. The topological polar surface area (TPSA) is 79.4 Å². The van der Waals surface area contributed by atoms with Crippen LogP contribution in [-0.4, -0.2) is 60.2 Å². The quantitative estimate of drug-likeness (QED) is 0.785. The number of nitrogens with one attached hydrogen (secondary N) is 2. The highest BCUT2D eigenvalue weighted by Gasteiger charge is 2.13. The summed E-state index contributed by atoms with van der Waals surface area (Å²) in [6.45, 7) is 6.62. The Morgan fingerprint density at radius 3 is 2.81 bits per heavy atom. The molecule has 1 aliphatic heterocycles. The van der Waals surface area contributed by atoms with E-state index >= 15 is 0 Å². The summed E-state index contributed by atoms with van der Waals surface area (Å²) in [4.78, 5) is 23.2. The molecule has 3 rings (SSSR count). The van der Waals surface area contributed by atoms with Crippen LogP contribution in [0.15, 0.2) is 24.3 Å². The van der Waals surface area contributed by atoms with Crippen LogP contribution < -0.4 is 10.6 Å². The van der Waals surface area contributed by atoms with Gasteiger partial charge in [-0.3, -0.25) is 9.69 Å². The molecule has 1 fully saturated rings. The maximum Gasteiger partial charge on any atom is 0.274 e. The minimum Gasteiger partial charge on any atom is -0.379 e. The van der Waals surface area contributed by atoms with Crippen molar-refractivity contribution in [2.75, 3.05) is 50.0 Å². The Kier molecular flexibility index (Phi) is 6.54. The molecule has 1 aromatic heterocycles. The molecule has 1 aliphatic rings. The van der Waals surface area contributed by atoms with Gasteiger partial charge in [-0.25, -0.2) is 14.4 Å². The molecule has 144 valence electrons. The Morgan fingerprint density at radius 1 is 1.30 bits per heavy atom. The van der Waals surface area contributed by atoms with Gasteiger partial charge in [-0.05, 0) is 25.1 Å². The molecular weight excluding hydrogens is 373 g/mol. The molecule has 0 atom stereocenters. The van der Waals surface area contributed by atoms with E-state index in [1.165, 1.54) is 18.2 Å². The van der Waals surface area contributed by atoms with E-state index in [2.05, 4.69) is 25.5 Å². The van der Waals surface area contributed by atoms with Gasteiger partial charge in [-0.15, -0.1) is 0 Å². The third-order valence-corrected chi connectivity index (χ3v) is 4.38. The SMILES string of the molecule is Cc1nc(NCCN2CCOCC2)cc(C(=O)Nc2ccc(F)c(Cl)c2)n1. The second-order valence-electron chi connectivity index (χ2n) is 6.15. The fourth-order valence-electron chi connectivity index (χ4n) is 2.71. The Labute approximate surface area is 161 Å². The third-order valence-electron chi connectivity index (χ3n) is 4.09. The van der Waals surface area contributed by atoms with Crippen molar-refractivity contribution in [1.82, 2.24) is 14.9 Å². The fourth-order valence-corrected chi connectivity index (χ4v) is 2.89. The zero-order chi connectivity index (χ0) is 19.2. The minimum atomic E-state index is -0.542. The molecule has 0 unspecified atom stereocenters. The molecule has 1 amide bonds. The van der Waals surface area contributed by atoms with Gasteiger partial charge in [-0.1, -0.05) is 11.6 Å².